The van der Waals surface area contributed by atoms with Gasteiger partial charge < -0.3 is 10.2 Å². The molecule has 2 heteroatoms. The van der Waals surface area contributed by atoms with Gasteiger partial charge in [-0.2, -0.15) is 0 Å². The van der Waals surface area contributed by atoms with Gasteiger partial charge in [-0.15, -0.1) is 0 Å². The number of rotatable bonds is 2. The van der Waals surface area contributed by atoms with Gasteiger partial charge in [0.05, 0.1) is 6.61 Å². The maximum Gasteiger partial charge on any atom is 0.123 e. The van der Waals surface area contributed by atoms with E-state index in [1.807, 2.05) is 30.3 Å². The van der Waals surface area contributed by atoms with Crippen molar-refractivity contribution in [1.29, 1.82) is 0 Å². The van der Waals surface area contributed by atoms with Crippen LogP contribution in [-0.2, 0) is 19.4 Å². The van der Waals surface area contributed by atoms with Crippen molar-refractivity contribution in [3.63, 3.8) is 0 Å². The molecule has 1 aliphatic carbocycles. The van der Waals surface area contributed by atoms with Crippen LogP contribution in [0.2, 0.25) is 0 Å². The normalized spacial score (nSPS) is 14.0. The third kappa shape index (κ3) is 2.30. The molecule has 0 heterocycles. The Morgan fingerprint density at radius 2 is 1.65 bits per heavy atom. The lowest BCUT2D eigenvalue weighted by Crippen LogP contribution is -2.06. The van der Waals surface area contributed by atoms with E-state index in [1.54, 1.807) is 0 Å². The van der Waals surface area contributed by atoms with Gasteiger partial charge in [0.1, 0.15) is 5.75 Å². The topological polar surface area (TPSA) is 40.5 Å². The summed E-state index contributed by atoms with van der Waals surface area (Å²) in [7, 11) is 0. The third-order valence-corrected chi connectivity index (χ3v) is 4.95. The van der Waals surface area contributed by atoms with Crippen molar-refractivity contribution in [3.8, 4) is 16.9 Å². The van der Waals surface area contributed by atoms with E-state index in [0.717, 1.165) is 46.7 Å². The van der Waals surface area contributed by atoms with Crippen molar-refractivity contribution in [2.24, 2.45) is 0 Å². The van der Waals surface area contributed by atoms with Crippen LogP contribution in [0.25, 0.3) is 21.9 Å². The van der Waals surface area contributed by atoms with Crippen LogP contribution in [0, 0.1) is 0 Å². The van der Waals surface area contributed by atoms with Crippen molar-refractivity contribution >= 4 is 10.8 Å². The van der Waals surface area contributed by atoms with Crippen LogP contribution in [0.15, 0.2) is 48.5 Å². The second-order valence-corrected chi connectivity index (χ2v) is 6.28. The molecule has 0 amide bonds. The minimum atomic E-state index is -0.0245. The summed E-state index contributed by atoms with van der Waals surface area (Å²) in [6.45, 7) is -0.0245. The van der Waals surface area contributed by atoms with Gasteiger partial charge in [0.25, 0.3) is 0 Å². The Kier molecular flexibility index (Phi) is 3.55. The SMILES string of the molecule is OCc1ccc2ccccc2c1-c1c(O)ccc2c1CCCC2. The van der Waals surface area contributed by atoms with E-state index in [2.05, 4.69) is 18.2 Å². The molecule has 23 heavy (non-hydrogen) atoms. The summed E-state index contributed by atoms with van der Waals surface area (Å²) in [5.74, 6) is 0.316. The van der Waals surface area contributed by atoms with Gasteiger partial charge in [-0.1, -0.05) is 42.5 Å². The number of phenols is 1. The molecule has 0 saturated carbocycles. The largest absolute Gasteiger partial charge is 0.507 e. The molecule has 0 saturated heterocycles. The maximum atomic E-state index is 10.6. The van der Waals surface area contributed by atoms with Gasteiger partial charge in [0.2, 0.25) is 0 Å². The average Bonchev–Trinajstić information content (AvgIpc) is 2.61. The van der Waals surface area contributed by atoms with E-state index < -0.39 is 0 Å². The minimum absolute atomic E-state index is 0.0245. The molecular weight excluding hydrogens is 284 g/mol. The van der Waals surface area contributed by atoms with Crippen LogP contribution in [0.5, 0.6) is 5.75 Å². The summed E-state index contributed by atoms with van der Waals surface area (Å²) in [5.41, 5.74) is 5.37. The monoisotopic (exact) mass is 304 g/mol. The molecule has 2 N–H and O–H groups in total. The Morgan fingerprint density at radius 1 is 0.826 bits per heavy atom. The highest BCUT2D eigenvalue weighted by atomic mass is 16.3. The molecular formula is C21H20O2. The Morgan fingerprint density at radius 3 is 2.52 bits per heavy atom. The number of benzene rings is 3. The Labute approximate surface area is 136 Å². The lowest BCUT2D eigenvalue weighted by molar-refractivity contribution is 0.282. The van der Waals surface area contributed by atoms with Crippen LogP contribution in [0.4, 0.5) is 0 Å². The predicted octanol–water partition coefficient (Wildman–Crippen LogP) is 4.58. The van der Waals surface area contributed by atoms with E-state index in [1.165, 1.54) is 17.5 Å². The number of phenolic OH excluding ortho intramolecular Hbond substituents is 1. The zero-order valence-corrected chi connectivity index (χ0v) is 13.0. The molecule has 0 aliphatic heterocycles. The number of aromatic hydroxyl groups is 1. The fourth-order valence-electron chi connectivity index (χ4n) is 3.84. The fraction of sp³-hybridized carbons (Fsp3) is 0.238. The summed E-state index contributed by atoms with van der Waals surface area (Å²) in [6, 6.07) is 16.1. The van der Waals surface area contributed by atoms with Crippen molar-refractivity contribution in [1.82, 2.24) is 0 Å². The Bertz CT molecular complexity index is 880. The fourth-order valence-corrected chi connectivity index (χ4v) is 3.84. The number of hydrogen-bond acceptors (Lipinski definition) is 2. The van der Waals surface area contributed by atoms with Gasteiger partial charge in [0.15, 0.2) is 0 Å². The summed E-state index contributed by atoms with van der Waals surface area (Å²) < 4.78 is 0. The number of aryl methyl sites for hydroxylation is 1. The first kappa shape index (κ1) is 14.3. The number of aliphatic hydroxyl groups excluding tert-OH is 1. The van der Waals surface area contributed by atoms with Gasteiger partial charge in [-0.3, -0.25) is 0 Å². The second kappa shape index (κ2) is 5.71. The Balaban J connectivity index is 2.10. The number of aliphatic hydroxyl groups is 1. The number of fused-ring (bicyclic) bond motifs is 2. The predicted molar refractivity (Wildman–Crippen MR) is 93.6 cm³/mol. The van der Waals surface area contributed by atoms with Crippen LogP contribution in [0.1, 0.15) is 29.5 Å². The molecule has 3 aromatic rings. The zero-order valence-electron chi connectivity index (χ0n) is 13.0. The van der Waals surface area contributed by atoms with E-state index in [4.69, 9.17) is 0 Å². The average molecular weight is 304 g/mol. The highest BCUT2D eigenvalue weighted by Gasteiger charge is 2.21. The molecule has 0 bridgehead atoms. The van der Waals surface area contributed by atoms with Crippen LogP contribution in [-0.4, -0.2) is 10.2 Å². The molecule has 0 atom stereocenters. The van der Waals surface area contributed by atoms with E-state index >= 15 is 0 Å². The van der Waals surface area contributed by atoms with Gasteiger partial charge >= 0.3 is 0 Å². The quantitative estimate of drug-likeness (QED) is 0.727. The molecule has 0 unspecified atom stereocenters. The highest BCUT2D eigenvalue weighted by Crippen LogP contribution is 2.42. The van der Waals surface area contributed by atoms with Crippen LogP contribution >= 0.6 is 0 Å². The summed E-state index contributed by atoms with van der Waals surface area (Å²) in [4.78, 5) is 0. The van der Waals surface area contributed by atoms with Crippen LogP contribution in [0.3, 0.4) is 0 Å². The molecule has 116 valence electrons. The first-order chi connectivity index (χ1) is 11.3. The van der Waals surface area contributed by atoms with Gasteiger partial charge in [0, 0.05) is 5.56 Å². The first-order valence-electron chi connectivity index (χ1n) is 8.25. The lowest BCUT2D eigenvalue weighted by atomic mass is 9.82. The Hall–Kier alpha value is -2.32. The highest BCUT2D eigenvalue weighted by molar-refractivity contribution is 6.00. The summed E-state index contributed by atoms with van der Waals surface area (Å²) >= 11 is 0. The summed E-state index contributed by atoms with van der Waals surface area (Å²) in [6.07, 6.45) is 4.43. The van der Waals surface area contributed by atoms with Crippen molar-refractivity contribution in [2.75, 3.05) is 0 Å². The minimum Gasteiger partial charge on any atom is -0.507 e. The molecule has 0 spiro atoms. The maximum absolute atomic E-state index is 10.6. The van der Waals surface area contributed by atoms with Crippen molar-refractivity contribution in [2.45, 2.75) is 32.3 Å². The molecule has 0 fully saturated rings. The van der Waals surface area contributed by atoms with Crippen molar-refractivity contribution < 1.29 is 10.2 Å². The summed E-state index contributed by atoms with van der Waals surface area (Å²) in [5, 5.41) is 22.7. The zero-order chi connectivity index (χ0) is 15.8. The molecule has 4 rings (SSSR count). The smallest absolute Gasteiger partial charge is 0.123 e. The van der Waals surface area contributed by atoms with Gasteiger partial charge in [-0.25, -0.2) is 0 Å². The first-order valence-corrected chi connectivity index (χ1v) is 8.25. The molecule has 2 nitrogen and oxygen atoms in total. The lowest BCUT2D eigenvalue weighted by Gasteiger charge is -2.23. The molecule has 3 aromatic carbocycles. The van der Waals surface area contributed by atoms with E-state index in [-0.39, 0.29) is 6.61 Å². The number of hydrogen-bond donors (Lipinski definition) is 2. The second-order valence-electron chi connectivity index (χ2n) is 6.28. The standard InChI is InChI=1S/C21H20O2/c22-13-16-10-9-14-5-1-3-7-17(14)20(16)21-18-8-4-2-6-15(18)11-12-19(21)23/h1,3,5,7,9-12,22-23H,2,4,6,8,13H2. The van der Waals surface area contributed by atoms with E-state index in [9.17, 15) is 10.2 Å². The van der Waals surface area contributed by atoms with Crippen LogP contribution < -0.4 is 0 Å². The molecule has 1 aliphatic rings. The van der Waals surface area contributed by atoms with E-state index in [0.29, 0.717) is 5.75 Å². The molecule has 0 radical (unpaired) electrons. The molecule has 0 aromatic heterocycles. The third-order valence-electron chi connectivity index (χ3n) is 4.95. The van der Waals surface area contributed by atoms with Gasteiger partial charge in [-0.05, 0) is 64.8 Å². The van der Waals surface area contributed by atoms with Crippen molar-refractivity contribution in [3.05, 3.63) is 65.2 Å².